The summed E-state index contributed by atoms with van der Waals surface area (Å²) in [6, 6.07) is 5.13. The molecule has 2 aliphatic rings. The Kier molecular flexibility index (Phi) is 3.75. The molecule has 6 heteroatoms. The van der Waals surface area contributed by atoms with Crippen LogP contribution in [-0.4, -0.2) is 26.9 Å². The fourth-order valence-corrected chi connectivity index (χ4v) is 4.51. The molecule has 1 aromatic rings. The summed E-state index contributed by atoms with van der Waals surface area (Å²) in [5.41, 5.74) is 1.77. The van der Waals surface area contributed by atoms with E-state index >= 15 is 0 Å². The van der Waals surface area contributed by atoms with Gasteiger partial charge in [0.05, 0.1) is 4.90 Å². The van der Waals surface area contributed by atoms with Crippen molar-refractivity contribution in [2.75, 3.05) is 11.4 Å². The van der Waals surface area contributed by atoms with E-state index in [9.17, 15) is 13.2 Å². The van der Waals surface area contributed by atoms with Gasteiger partial charge < -0.3 is 4.90 Å². The summed E-state index contributed by atoms with van der Waals surface area (Å²) in [6.07, 6.45) is 4.75. The van der Waals surface area contributed by atoms with Crippen LogP contribution in [0.3, 0.4) is 0 Å². The van der Waals surface area contributed by atoms with E-state index in [0.29, 0.717) is 6.54 Å². The van der Waals surface area contributed by atoms with Crippen molar-refractivity contribution in [1.29, 1.82) is 0 Å². The van der Waals surface area contributed by atoms with Gasteiger partial charge in [0.2, 0.25) is 15.9 Å². The zero-order valence-corrected chi connectivity index (χ0v) is 12.9. The van der Waals surface area contributed by atoms with Gasteiger partial charge in [0.1, 0.15) is 0 Å². The number of sulfonamides is 1. The molecule has 21 heavy (non-hydrogen) atoms. The van der Waals surface area contributed by atoms with Crippen LogP contribution >= 0.6 is 0 Å². The topological polar surface area (TPSA) is 66.5 Å². The van der Waals surface area contributed by atoms with Gasteiger partial charge in [-0.25, -0.2) is 13.1 Å². The molecule has 0 spiro atoms. The van der Waals surface area contributed by atoms with Crippen LogP contribution in [0.5, 0.6) is 0 Å². The smallest absolute Gasteiger partial charge is 0.240 e. The molecule has 114 valence electrons. The molecular weight excluding hydrogens is 288 g/mol. The number of hydrogen-bond donors (Lipinski definition) is 1. The normalized spacial score (nSPS) is 19.0. The third kappa shape index (κ3) is 2.82. The lowest BCUT2D eigenvalue weighted by Crippen LogP contribution is -2.32. The van der Waals surface area contributed by atoms with Gasteiger partial charge in [0.15, 0.2) is 0 Å². The molecule has 3 rings (SSSR count). The number of rotatable bonds is 3. The van der Waals surface area contributed by atoms with Crippen LogP contribution in [0.4, 0.5) is 5.69 Å². The maximum Gasteiger partial charge on any atom is 0.240 e. The van der Waals surface area contributed by atoms with Crippen LogP contribution in [0, 0.1) is 0 Å². The second kappa shape index (κ2) is 5.42. The van der Waals surface area contributed by atoms with E-state index < -0.39 is 10.0 Å². The zero-order chi connectivity index (χ0) is 15.0. The molecule has 0 unspecified atom stereocenters. The summed E-state index contributed by atoms with van der Waals surface area (Å²) in [7, 11) is -3.50. The van der Waals surface area contributed by atoms with Crippen LogP contribution in [0.2, 0.25) is 0 Å². The van der Waals surface area contributed by atoms with Gasteiger partial charge in [-0.15, -0.1) is 0 Å². The van der Waals surface area contributed by atoms with E-state index in [0.717, 1.165) is 43.4 Å². The van der Waals surface area contributed by atoms with Gasteiger partial charge in [0.25, 0.3) is 0 Å². The van der Waals surface area contributed by atoms with Gasteiger partial charge >= 0.3 is 0 Å². The van der Waals surface area contributed by atoms with Gasteiger partial charge in [0, 0.05) is 25.2 Å². The second-order valence-electron chi connectivity index (χ2n) is 5.81. The summed E-state index contributed by atoms with van der Waals surface area (Å²) in [5.74, 6) is -0.0490. The molecule has 1 N–H and O–H groups in total. The molecule has 1 aliphatic carbocycles. The van der Waals surface area contributed by atoms with Crippen molar-refractivity contribution in [2.45, 2.75) is 50.0 Å². The molecule has 0 radical (unpaired) electrons. The number of fused-ring (bicyclic) bond motifs is 1. The number of benzene rings is 1. The summed E-state index contributed by atoms with van der Waals surface area (Å²) >= 11 is 0. The van der Waals surface area contributed by atoms with Gasteiger partial charge in [-0.3, -0.25) is 4.79 Å². The van der Waals surface area contributed by atoms with E-state index in [1.165, 1.54) is 6.92 Å². The highest BCUT2D eigenvalue weighted by molar-refractivity contribution is 7.89. The molecule has 1 heterocycles. The Hall–Kier alpha value is -1.40. The molecule has 0 bridgehead atoms. The van der Waals surface area contributed by atoms with Crippen molar-refractivity contribution in [3.8, 4) is 0 Å². The molecule has 5 nitrogen and oxygen atoms in total. The fourth-order valence-electron chi connectivity index (χ4n) is 3.18. The van der Waals surface area contributed by atoms with E-state index in [-0.39, 0.29) is 16.8 Å². The largest absolute Gasteiger partial charge is 0.312 e. The number of nitrogens with one attached hydrogen (secondary N) is 1. The first-order valence-electron chi connectivity index (χ1n) is 7.41. The van der Waals surface area contributed by atoms with Crippen molar-refractivity contribution in [1.82, 2.24) is 4.72 Å². The fraction of sp³-hybridized carbons (Fsp3) is 0.533. The number of amides is 1. The van der Waals surface area contributed by atoms with Gasteiger partial charge in [-0.1, -0.05) is 18.9 Å². The van der Waals surface area contributed by atoms with E-state index in [2.05, 4.69) is 4.72 Å². The number of nitrogens with zero attached hydrogens (tertiary/aromatic N) is 1. The quantitative estimate of drug-likeness (QED) is 0.926. The first-order chi connectivity index (χ1) is 9.97. The van der Waals surface area contributed by atoms with Crippen molar-refractivity contribution >= 4 is 21.6 Å². The Labute approximate surface area is 125 Å². The summed E-state index contributed by atoms with van der Waals surface area (Å²) < 4.78 is 27.7. The number of carbonyl (C=O) groups is 1. The first-order valence-corrected chi connectivity index (χ1v) is 8.89. The van der Waals surface area contributed by atoms with Crippen LogP contribution < -0.4 is 9.62 Å². The number of carbonyl (C=O) groups excluding carboxylic acids is 1. The highest BCUT2D eigenvalue weighted by Crippen LogP contribution is 2.31. The minimum atomic E-state index is -3.50. The van der Waals surface area contributed by atoms with Crippen LogP contribution in [0.25, 0.3) is 0 Å². The molecule has 1 aromatic carbocycles. The molecule has 1 fully saturated rings. The Morgan fingerprint density at radius 1 is 1.29 bits per heavy atom. The average molecular weight is 308 g/mol. The Morgan fingerprint density at radius 2 is 2.00 bits per heavy atom. The molecule has 1 amide bonds. The monoisotopic (exact) mass is 308 g/mol. The standard InChI is InChI=1S/C15H20N2O3S/c1-11(18)17-9-8-12-6-7-14(10-15(12)17)21(19,20)16-13-4-2-3-5-13/h6-7,10,13,16H,2-5,8-9H2,1H3. The van der Waals surface area contributed by atoms with Crippen LogP contribution in [0.15, 0.2) is 23.1 Å². The molecule has 1 saturated carbocycles. The predicted molar refractivity (Wildman–Crippen MR) is 80.8 cm³/mol. The Morgan fingerprint density at radius 3 is 2.67 bits per heavy atom. The molecular formula is C15H20N2O3S. The summed E-state index contributed by atoms with van der Waals surface area (Å²) in [6.45, 7) is 2.14. The average Bonchev–Trinajstić information content (AvgIpc) is 3.05. The van der Waals surface area contributed by atoms with E-state index in [1.54, 1.807) is 17.0 Å². The molecule has 0 saturated heterocycles. The zero-order valence-electron chi connectivity index (χ0n) is 12.1. The van der Waals surface area contributed by atoms with Crippen molar-refractivity contribution in [3.63, 3.8) is 0 Å². The highest BCUT2D eigenvalue weighted by atomic mass is 32.2. The lowest BCUT2D eigenvalue weighted by Gasteiger charge is -2.17. The Balaban J connectivity index is 1.89. The SMILES string of the molecule is CC(=O)N1CCc2ccc(S(=O)(=O)NC3CCCC3)cc21. The summed E-state index contributed by atoms with van der Waals surface area (Å²) in [5, 5.41) is 0. The minimum absolute atomic E-state index is 0.0483. The van der Waals surface area contributed by atoms with Crippen molar-refractivity contribution in [3.05, 3.63) is 23.8 Å². The molecule has 1 aliphatic heterocycles. The molecule has 0 atom stereocenters. The predicted octanol–water partition coefficient (Wildman–Crippen LogP) is 1.82. The maximum atomic E-state index is 12.4. The Bertz CT molecular complexity index is 663. The van der Waals surface area contributed by atoms with Gasteiger partial charge in [-0.05, 0) is 37.0 Å². The first kappa shape index (κ1) is 14.5. The van der Waals surface area contributed by atoms with Gasteiger partial charge in [-0.2, -0.15) is 0 Å². The lowest BCUT2D eigenvalue weighted by molar-refractivity contribution is -0.116. The minimum Gasteiger partial charge on any atom is -0.312 e. The third-order valence-electron chi connectivity index (χ3n) is 4.32. The van der Waals surface area contributed by atoms with E-state index in [1.807, 2.05) is 6.07 Å². The van der Waals surface area contributed by atoms with Crippen molar-refractivity contribution in [2.24, 2.45) is 0 Å². The number of anilines is 1. The summed E-state index contributed by atoms with van der Waals surface area (Å²) in [4.78, 5) is 13.5. The highest BCUT2D eigenvalue weighted by Gasteiger charge is 2.27. The van der Waals surface area contributed by atoms with E-state index in [4.69, 9.17) is 0 Å². The third-order valence-corrected chi connectivity index (χ3v) is 5.84. The van der Waals surface area contributed by atoms with Crippen molar-refractivity contribution < 1.29 is 13.2 Å². The lowest BCUT2D eigenvalue weighted by atomic mass is 10.2. The van der Waals surface area contributed by atoms with Crippen LogP contribution in [0.1, 0.15) is 38.2 Å². The maximum absolute atomic E-state index is 12.4. The number of hydrogen-bond acceptors (Lipinski definition) is 3. The second-order valence-corrected chi connectivity index (χ2v) is 7.53. The van der Waals surface area contributed by atoms with Crippen LogP contribution in [-0.2, 0) is 21.2 Å². The molecule has 0 aromatic heterocycles.